The maximum absolute atomic E-state index is 14.0. The highest BCUT2D eigenvalue weighted by Crippen LogP contribution is 2.30. The molecule has 2 atom stereocenters. The summed E-state index contributed by atoms with van der Waals surface area (Å²) in [6, 6.07) is 14.4. The van der Waals surface area contributed by atoms with Crippen LogP contribution in [0, 0.1) is 5.82 Å². The second-order valence-corrected chi connectivity index (χ2v) is 5.48. The van der Waals surface area contributed by atoms with Crippen molar-refractivity contribution in [2.24, 2.45) is 5.73 Å². The van der Waals surface area contributed by atoms with Gasteiger partial charge in [0.2, 0.25) is 0 Å². The zero-order chi connectivity index (χ0) is 15.2. The quantitative estimate of drug-likeness (QED) is 0.858. The predicted molar refractivity (Wildman–Crippen MR) is 84.0 cm³/mol. The van der Waals surface area contributed by atoms with E-state index in [1.165, 1.54) is 6.07 Å². The van der Waals surface area contributed by atoms with Gasteiger partial charge >= 0.3 is 0 Å². The topological polar surface area (TPSA) is 46.2 Å². The van der Waals surface area contributed by atoms with Crippen LogP contribution in [0.2, 0.25) is 5.02 Å². The summed E-state index contributed by atoms with van der Waals surface area (Å²) in [4.78, 5) is 0. The summed E-state index contributed by atoms with van der Waals surface area (Å²) in [5.74, 6) is -0.917. The predicted octanol–water partition coefficient (Wildman–Crippen LogP) is 3.52. The van der Waals surface area contributed by atoms with Crippen molar-refractivity contribution in [3.63, 3.8) is 0 Å². The molecule has 21 heavy (non-hydrogen) atoms. The van der Waals surface area contributed by atoms with Gasteiger partial charge in [-0.3, -0.25) is 0 Å². The molecule has 0 spiro atoms. The van der Waals surface area contributed by atoms with Crippen LogP contribution in [0.4, 0.5) is 4.39 Å². The summed E-state index contributed by atoms with van der Waals surface area (Å²) in [5.41, 5.74) is 7.17. The van der Waals surface area contributed by atoms with E-state index in [2.05, 4.69) is 0 Å². The molecule has 2 aromatic rings. The number of halogens is 2. The number of nitrogens with two attached hydrogens (primary N) is 1. The molecule has 0 saturated heterocycles. The minimum absolute atomic E-state index is 0.149. The molecule has 0 aliphatic carbocycles. The zero-order valence-electron chi connectivity index (χ0n) is 11.7. The lowest BCUT2D eigenvalue weighted by Gasteiger charge is -2.23. The molecule has 4 heteroatoms. The Bertz CT molecular complexity index is 556. The average Bonchev–Trinajstić information content (AvgIpc) is 2.50. The fraction of sp³-hybridized carbons (Fsp3) is 0.294. The van der Waals surface area contributed by atoms with Gasteiger partial charge in [0, 0.05) is 23.0 Å². The number of benzene rings is 2. The van der Waals surface area contributed by atoms with Crippen LogP contribution in [0.3, 0.4) is 0 Å². The molecule has 0 heterocycles. The lowest BCUT2D eigenvalue weighted by molar-refractivity contribution is 0.134. The molecular weight excluding hydrogens is 289 g/mol. The maximum atomic E-state index is 14.0. The molecule has 0 fully saturated rings. The third-order valence-electron chi connectivity index (χ3n) is 3.66. The van der Waals surface area contributed by atoms with Crippen LogP contribution in [0.25, 0.3) is 0 Å². The average molecular weight is 308 g/mol. The Kier molecular flexibility index (Phi) is 5.74. The fourth-order valence-electron chi connectivity index (χ4n) is 2.49. The first kappa shape index (κ1) is 16.0. The van der Waals surface area contributed by atoms with E-state index < -0.39 is 17.8 Å². The first-order chi connectivity index (χ1) is 10.1. The number of aliphatic hydroxyl groups excluding tert-OH is 1. The van der Waals surface area contributed by atoms with E-state index in [0.717, 1.165) is 5.56 Å². The lowest BCUT2D eigenvalue weighted by Crippen LogP contribution is -2.27. The van der Waals surface area contributed by atoms with Gasteiger partial charge in [-0.15, -0.1) is 0 Å². The van der Waals surface area contributed by atoms with Gasteiger partial charge in [-0.1, -0.05) is 48.0 Å². The van der Waals surface area contributed by atoms with Gasteiger partial charge in [-0.2, -0.15) is 0 Å². The van der Waals surface area contributed by atoms with Crippen LogP contribution >= 0.6 is 11.6 Å². The summed E-state index contributed by atoms with van der Waals surface area (Å²) in [6.45, 7) is 0.149. The van der Waals surface area contributed by atoms with E-state index in [0.29, 0.717) is 23.4 Å². The molecule has 0 bridgehead atoms. The Morgan fingerprint density at radius 2 is 1.81 bits per heavy atom. The van der Waals surface area contributed by atoms with Gasteiger partial charge in [0.1, 0.15) is 5.82 Å². The van der Waals surface area contributed by atoms with Crippen LogP contribution in [-0.4, -0.2) is 17.8 Å². The molecule has 0 amide bonds. The smallest absolute Gasteiger partial charge is 0.128 e. The van der Waals surface area contributed by atoms with E-state index in [9.17, 15) is 9.50 Å². The molecule has 112 valence electrons. The third-order valence-corrected chi connectivity index (χ3v) is 3.99. The largest absolute Gasteiger partial charge is 0.392 e. The van der Waals surface area contributed by atoms with Crippen molar-refractivity contribution in [1.82, 2.24) is 0 Å². The SMILES string of the molecule is NCC(c1c(F)cccc1Cl)C(O)CCc1ccccc1. The first-order valence-corrected chi connectivity index (χ1v) is 7.37. The molecule has 2 rings (SSSR count). The summed E-state index contributed by atoms with van der Waals surface area (Å²) in [5, 5.41) is 10.7. The number of hydrogen-bond acceptors (Lipinski definition) is 2. The Morgan fingerprint density at radius 1 is 1.10 bits per heavy atom. The second kappa shape index (κ2) is 7.55. The molecule has 2 aromatic carbocycles. The van der Waals surface area contributed by atoms with E-state index in [4.69, 9.17) is 17.3 Å². The highest BCUT2D eigenvalue weighted by Gasteiger charge is 2.24. The van der Waals surface area contributed by atoms with Crippen LogP contribution in [0.15, 0.2) is 48.5 Å². The lowest BCUT2D eigenvalue weighted by atomic mass is 9.89. The van der Waals surface area contributed by atoms with E-state index >= 15 is 0 Å². The molecule has 0 aromatic heterocycles. The molecule has 3 N–H and O–H groups in total. The van der Waals surface area contributed by atoms with Crippen molar-refractivity contribution >= 4 is 11.6 Å². The number of hydrogen-bond donors (Lipinski definition) is 2. The Morgan fingerprint density at radius 3 is 2.43 bits per heavy atom. The maximum Gasteiger partial charge on any atom is 0.128 e. The summed E-state index contributed by atoms with van der Waals surface area (Å²) >= 11 is 6.06. The van der Waals surface area contributed by atoms with E-state index in [1.807, 2.05) is 30.3 Å². The first-order valence-electron chi connectivity index (χ1n) is 6.99. The zero-order valence-corrected chi connectivity index (χ0v) is 12.4. The van der Waals surface area contributed by atoms with E-state index in [1.54, 1.807) is 12.1 Å². The van der Waals surface area contributed by atoms with Crippen molar-refractivity contribution in [3.8, 4) is 0 Å². The Hall–Kier alpha value is -1.42. The highest BCUT2D eigenvalue weighted by molar-refractivity contribution is 6.31. The molecule has 0 radical (unpaired) electrons. The van der Waals surface area contributed by atoms with E-state index in [-0.39, 0.29) is 6.54 Å². The monoisotopic (exact) mass is 307 g/mol. The molecule has 0 aliphatic rings. The molecule has 2 unspecified atom stereocenters. The minimum Gasteiger partial charge on any atom is -0.392 e. The summed E-state index contributed by atoms with van der Waals surface area (Å²) in [7, 11) is 0. The van der Waals surface area contributed by atoms with Crippen LogP contribution in [-0.2, 0) is 6.42 Å². The molecule has 0 saturated carbocycles. The van der Waals surface area contributed by atoms with Gasteiger partial charge in [-0.05, 0) is 30.5 Å². The van der Waals surface area contributed by atoms with Crippen molar-refractivity contribution in [3.05, 3.63) is 70.5 Å². The Balaban J connectivity index is 2.10. The second-order valence-electron chi connectivity index (χ2n) is 5.07. The van der Waals surface area contributed by atoms with Gasteiger partial charge in [0.25, 0.3) is 0 Å². The molecule has 2 nitrogen and oxygen atoms in total. The molecular formula is C17H19ClFNO. The fourth-order valence-corrected chi connectivity index (χ4v) is 2.80. The summed E-state index contributed by atoms with van der Waals surface area (Å²) in [6.07, 6.45) is 0.491. The van der Waals surface area contributed by atoms with Gasteiger partial charge in [0.05, 0.1) is 6.10 Å². The minimum atomic E-state index is -0.732. The van der Waals surface area contributed by atoms with Crippen LogP contribution in [0.1, 0.15) is 23.5 Å². The van der Waals surface area contributed by atoms with Crippen molar-refractivity contribution in [2.75, 3.05) is 6.54 Å². The standard InChI is InChI=1S/C17H19ClFNO/c18-14-7-4-8-15(19)17(14)13(11-20)16(21)10-9-12-5-2-1-3-6-12/h1-8,13,16,21H,9-11,20H2. The van der Waals surface area contributed by atoms with Crippen molar-refractivity contribution in [1.29, 1.82) is 0 Å². The van der Waals surface area contributed by atoms with Gasteiger partial charge < -0.3 is 10.8 Å². The third kappa shape index (κ3) is 4.03. The molecule has 0 aliphatic heterocycles. The van der Waals surface area contributed by atoms with Crippen LogP contribution in [0.5, 0.6) is 0 Å². The van der Waals surface area contributed by atoms with Gasteiger partial charge in [-0.25, -0.2) is 4.39 Å². The van der Waals surface area contributed by atoms with Crippen molar-refractivity contribution < 1.29 is 9.50 Å². The Labute approximate surface area is 129 Å². The summed E-state index contributed by atoms with van der Waals surface area (Å²) < 4.78 is 14.0. The highest BCUT2D eigenvalue weighted by atomic mass is 35.5. The number of aryl methyl sites for hydroxylation is 1. The normalized spacial score (nSPS) is 13.9. The number of rotatable bonds is 6. The van der Waals surface area contributed by atoms with Crippen molar-refractivity contribution in [2.45, 2.75) is 24.9 Å². The van der Waals surface area contributed by atoms with Gasteiger partial charge in [0.15, 0.2) is 0 Å². The van der Waals surface area contributed by atoms with Crippen LogP contribution < -0.4 is 5.73 Å². The number of aliphatic hydroxyl groups is 1.